The summed E-state index contributed by atoms with van der Waals surface area (Å²) >= 11 is 0. The van der Waals surface area contributed by atoms with E-state index in [0.29, 0.717) is 0 Å². The number of benzene rings is 2. The summed E-state index contributed by atoms with van der Waals surface area (Å²) in [5.41, 5.74) is 4.90. The Morgan fingerprint density at radius 3 is 2.60 bits per heavy atom. The molecule has 0 aliphatic heterocycles. The number of rotatable bonds is 4. The van der Waals surface area contributed by atoms with Gasteiger partial charge in [0, 0.05) is 23.8 Å². The van der Waals surface area contributed by atoms with Crippen molar-refractivity contribution >= 4 is 16.6 Å². The van der Waals surface area contributed by atoms with Crippen molar-refractivity contribution in [2.45, 2.75) is 19.9 Å². The first-order valence-corrected chi connectivity index (χ1v) is 7.03. The van der Waals surface area contributed by atoms with Gasteiger partial charge in [0.1, 0.15) is 0 Å². The molecule has 1 aromatic heterocycles. The maximum Gasteiger partial charge on any atom is 0.0705 e. The number of aryl methyl sites for hydroxylation is 1. The van der Waals surface area contributed by atoms with Crippen LogP contribution in [0.2, 0.25) is 0 Å². The van der Waals surface area contributed by atoms with E-state index >= 15 is 0 Å². The zero-order valence-corrected chi connectivity index (χ0v) is 11.6. The summed E-state index contributed by atoms with van der Waals surface area (Å²) in [7, 11) is 0. The quantitative estimate of drug-likeness (QED) is 0.753. The summed E-state index contributed by atoms with van der Waals surface area (Å²) < 4.78 is 0. The van der Waals surface area contributed by atoms with E-state index in [9.17, 15) is 0 Å². The lowest BCUT2D eigenvalue weighted by molar-refractivity contribution is 1.10. The number of pyridine rings is 1. The van der Waals surface area contributed by atoms with E-state index in [0.717, 1.165) is 18.5 Å². The van der Waals surface area contributed by atoms with Crippen molar-refractivity contribution in [2.75, 3.05) is 5.32 Å². The first-order chi connectivity index (χ1) is 9.88. The van der Waals surface area contributed by atoms with Crippen molar-refractivity contribution in [1.29, 1.82) is 0 Å². The van der Waals surface area contributed by atoms with Crippen molar-refractivity contribution in [2.24, 2.45) is 0 Å². The van der Waals surface area contributed by atoms with E-state index in [1.165, 1.54) is 22.2 Å². The molecule has 3 rings (SSSR count). The second kappa shape index (κ2) is 5.74. The van der Waals surface area contributed by atoms with Gasteiger partial charge in [-0.15, -0.1) is 0 Å². The lowest BCUT2D eigenvalue weighted by Crippen LogP contribution is -2.02. The zero-order chi connectivity index (χ0) is 13.8. The minimum Gasteiger partial charge on any atom is -0.381 e. The van der Waals surface area contributed by atoms with Crippen LogP contribution in [0.3, 0.4) is 0 Å². The van der Waals surface area contributed by atoms with Gasteiger partial charge in [-0.2, -0.15) is 0 Å². The summed E-state index contributed by atoms with van der Waals surface area (Å²) in [5, 5.41) is 4.76. The van der Waals surface area contributed by atoms with Crippen molar-refractivity contribution in [1.82, 2.24) is 4.98 Å². The number of aromatic nitrogens is 1. The van der Waals surface area contributed by atoms with Crippen molar-refractivity contribution in [3.05, 3.63) is 71.9 Å². The second-order valence-corrected chi connectivity index (χ2v) is 4.85. The lowest BCUT2D eigenvalue weighted by Gasteiger charge is -2.12. The molecule has 0 bridgehead atoms. The first-order valence-electron chi connectivity index (χ1n) is 7.03. The predicted octanol–water partition coefficient (Wildman–Crippen LogP) is 4.41. The van der Waals surface area contributed by atoms with E-state index in [2.05, 4.69) is 65.8 Å². The Bertz CT molecular complexity index is 714. The van der Waals surface area contributed by atoms with E-state index in [4.69, 9.17) is 0 Å². The van der Waals surface area contributed by atoms with Crippen LogP contribution in [-0.4, -0.2) is 4.98 Å². The summed E-state index contributed by atoms with van der Waals surface area (Å²) in [6.45, 7) is 3.00. The van der Waals surface area contributed by atoms with E-state index in [1.807, 2.05) is 12.3 Å². The van der Waals surface area contributed by atoms with Crippen molar-refractivity contribution in [3.63, 3.8) is 0 Å². The molecule has 1 N–H and O–H groups in total. The molecule has 0 radical (unpaired) electrons. The maximum atomic E-state index is 4.40. The number of hydrogen-bond donors (Lipinski definition) is 1. The van der Waals surface area contributed by atoms with Gasteiger partial charge >= 0.3 is 0 Å². The Hall–Kier alpha value is -2.35. The van der Waals surface area contributed by atoms with Crippen LogP contribution in [0.1, 0.15) is 18.1 Å². The fourth-order valence-electron chi connectivity index (χ4n) is 2.50. The molecular formula is C18H18N2. The Kier molecular flexibility index (Phi) is 3.64. The van der Waals surface area contributed by atoms with Gasteiger partial charge in [0.2, 0.25) is 0 Å². The fraction of sp³-hybridized carbons (Fsp3) is 0.167. The van der Waals surface area contributed by atoms with Crippen molar-refractivity contribution < 1.29 is 0 Å². The molecular weight excluding hydrogens is 244 g/mol. The van der Waals surface area contributed by atoms with Crippen LogP contribution in [0.5, 0.6) is 0 Å². The summed E-state index contributed by atoms with van der Waals surface area (Å²) in [6.07, 6.45) is 2.92. The molecule has 2 heteroatoms. The Morgan fingerprint density at radius 2 is 1.70 bits per heavy atom. The topological polar surface area (TPSA) is 24.9 Å². The highest BCUT2D eigenvalue weighted by Gasteiger charge is 2.03. The molecule has 0 saturated heterocycles. The lowest BCUT2D eigenvalue weighted by atomic mass is 10.1. The molecule has 0 saturated carbocycles. The van der Waals surface area contributed by atoms with Crippen LogP contribution in [-0.2, 0) is 13.0 Å². The third kappa shape index (κ3) is 2.50. The van der Waals surface area contributed by atoms with Crippen molar-refractivity contribution in [3.8, 4) is 0 Å². The van der Waals surface area contributed by atoms with E-state index in [-0.39, 0.29) is 0 Å². The van der Waals surface area contributed by atoms with Crippen LogP contribution in [0.4, 0.5) is 5.69 Å². The molecule has 0 unspecified atom stereocenters. The smallest absolute Gasteiger partial charge is 0.0705 e. The molecule has 20 heavy (non-hydrogen) atoms. The monoisotopic (exact) mass is 262 g/mol. The highest BCUT2D eigenvalue weighted by Crippen LogP contribution is 2.20. The van der Waals surface area contributed by atoms with Crippen LogP contribution in [0.25, 0.3) is 10.9 Å². The molecule has 0 atom stereocenters. The summed E-state index contributed by atoms with van der Waals surface area (Å²) in [5.74, 6) is 0. The average Bonchev–Trinajstić information content (AvgIpc) is 2.53. The molecule has 1 heterocycles. The van der Waals surface area contributed by atoms with E-state index < -0.39 is 0 Å². The number of hydrogen-bond acceptors (Lipinski definition) is 2. The van der Waals surface area contributed by atoms with Gasteiger partial charge < -0.3 is 5.32 Å². The molecule has 3 aromatic rings. The third-order valence-electron chi connectivity index (χ3n) is 3.61. The fourth-order valence-corrected chi connectivity index (χ4v) is 2.50. The number of nitrogens with one attached hydrogen (secondary N) is 1. The van der Waals surface area contributed by atoms with Crippen LogP contribution < -0.4 is 5.32 Å². The van der Waals surface area contributed by atoms with Crippen LogP contribution in [0.15, 0.2) is 60.8 Å². The number of nitrogens with zero attached hydrogens (tertiary/aromatic N) is 1. The van der Waals surface area contributed by atoms with Gasteiger partial charge in [0.05, 0.1) is 5.52 Å². The maximum absolute atomic E-state index is 4.40. The molecule has 2 nitrogen and oxygen atoms in total. The highest BCUT2D eigenvalue weighted by atomic mass is 14.9. The largest absolute Gasteiger partial charge is 0.381 e. The van der Waals surface area contributed by atoms with Crippen LogP contribution >= 0.6 is 0 Å². The minimum absolute atomic E-state index is 0.819. The van der Waals surface area contributed by atoms with Gasteiger partial charge in [-0.05, 0) is 35.7 Å². The summed E-state index contributed by atoms with van der Waals surface area (Å²) in [4.78, 5) is 4.40. The molecule has 0 aliphatic carbocycles. The third-order valence-corrected chi connectivity index (χ3v) is 3.61. The number of fused-ring (bicyclic) bond motifs is 1. The summed E-state index contributed by atoms with van der Waals surface area (Å²) in [6, 6.07) is 18.8. The predicted molar refractivity (Wildman–Crippen MR) is 84.9 cm³/mol. The average molecular weight is 262 g/mol. The minimum atomic E-state index is 0.819. The molecule has 100 valence electrons. The number of para-hydroxylation sites is 2. The van der Waals surface area contributed by atoms with E-state index in [1.54, 1.807) is 0 Å². The highest BCUT2D eigenvalue weighted by molar-refractivity contribution is 5.82. The standard InChI is InChI=1S/C18H18N2/c1-2-14-7-3-5-9-17(14)20-13-15-11-12-19-18-10-6-4-8-16(15)18/h3-12,20H,2,13H2,1H3. The van der Waals surface area contributed by atoms with Crippen LogP contribution in [0, 0.1) is 0 Å². The number of anilines is 1. The van der Waals surface area contributed by atoms with Gasteiger partial charge in [0.25, 0.3) is 0 Å². The second-order valence-electron chi connectivity index (χ2n) is 4.85. The SMILES string of the molecule is CCc1ccccc1NCc1ccnc2ccccc12. The van der Waals surface area contributed by atoms with Gasteiger partial charge in [-0.3, -0.25) is 4.98 Å². The normalized spacial score (nSPS) is 10.7. The molecule has 0 fully saturated rings. The molecule has 0 spiro atoms. The van der Waals surface area contributed by atoms with Gasteiger partial charge in [-0.25, -0.2) is 0 Å². The Labute approximate surface area is 119 Å². The molecule has 0 aliphatic rings. The Balaban J connectivity index is 1.87. The van der Waals surface area contributed by atoms with Gasteiger partial charge in [-0.1, -0.05) is 43.3 Å². The molecule has 0 amide bonds. The van der Waals surface area contributed by atoms with Gasteiger partial charge in [0.15, 0.2) is 0 Å². The molecule has 2 aromatic carbocycles. The first kappa shape index (κ1) is 12.7. The zero-order valence-electron chi connectivity index (χ0n) is 11.6. The Morgan fingerprint density at radius 1 is 0.900 bits per heavy atom.